The summed E-state index contributed by atoms with van der Waals surface area (Å²) in [5, 5.41) is 23.2. The molecular weight excluding hydrogens is 1680 g/mol. The summed E-state index contributed by atoms with van der Waals surface area (Å²) in [7, 11) is 0. The van der Waals surface area contributed by atoms with Crippen LogP contribution in [0.2, 0.25) is 0 Å². The van der Waals surface area contributed by atoms with Crippen LogP contribution in [0.1, 0.15) is 11.1 Å². The van der Waals surface area contributed by atoms with Crippen molar-refractivity contribution in [2.75, 3.05) is 0 Å². The Balaban J connectivity index is 0.000000115. The van der Waals surface area contributed by atoms with Crippen LogP contribution in [0, 0.1) is 13.8 Å². The van der Waals surface area contributed by atoms with Gasteiger partial charge in [0.15, 0.2) is 0 Å². The van der Waals surface area contributed by atoms with Gasteiger partial charge in [0.1, 0.15) is 0 Å². The van der Waals surface area contributed by atoms with Crippen LogP contribution < -0.4 is 0 Å². The highest BCUT2D eigenvalue weighted by molar-refractivity contribution is 6.29. The first-order chi connectivity index (χ1) is 69.2. The van der Waals surface area contributed by atoms with Crippen molar-refractivity contribution in [3.8, 4) is 156 Å². The lowest BCUT2D eigenvalue weighted by molar-refractivity contribution is 1.45. The van der Waals surface area contributed by atoms with Gasteiger partial charge in [0.25, 0.3) is 0 Å². The first-order valence-electron chi connectivity index (χ1n) is 48.5. The minimum absolute atomic E-state index is 1.21. The smallest absolute Gasteiger partial charge is 0.00928 e. The van der Waals surface area contributed by atoms with Crippen LogP contribution >= 0.6 is 0 Å². The summed E-state index contributed by atoms with van der Waals surface area (Å²) in [5.41, 5.74) is 36.8. The quantitative estimate of drug-likeness (QED) is 0.0952. The minimum atomic E-state index is 1.21. The molecule has 140 heavy (non-hydrogen) atoms. The lowest BCUT2D eigenvalue weighted by atomic mass is 9.88. The van der Waals surface area contributed by atoms with E-state index in [-0.39, 0.29) is 0 Å². The van der Waals surface area contributed by atoms with E-state index in [1.54, 1.807) is 0 Å². The van der Waals surface area contributed by atoms with Crippen LogP contribution in [-0.2, 0) is 0 Å². The molecule has 0 bridgehead atoms. The van der Waals surface area contributed by atoms with Gasteiger partial charge in [-0.2, -0.15) is 0 Å². The molecule has 0 heteroatoms. The molecule has 0 nitrogen and oxygen atoms in total. The van der Waals surface area contributed by atoms with Gasteiger partial charge < -0.3 is 0 Å². The molecule has 0 aliphatic rings. The molecule has 0 saturated heterocycles. The largest absolute Gasteiger partial charge is 0.0622 e. The zero-order chi connectivity index (χ0) is 93.4. The molecule has 26 aromatic carbocycles. The summed E-state index contributed by atoms with van der Waals surface area (Å²) in [6, 6.07) is 200. The lowest BCUT2D eigenvalue weighted by Crippen LogP contribution is -1.89. The van der Waals surface area contributed by atoms with E-state index in [4.69, 9.17) is 0 Å². The second kappa shape index (κ2) is 37.4. The van der Waals surface area contributed by atoms with E-state index in [1.165, 1.54) is 264 Å². The maximum atomic E-state index is 2.40. The molecule has 0 amide bonds. The van der Waals surface area contributed by atoms with Crippen molar-refractivity contribution in [1.29, 1.82) is 0 Å². The van der Waals surface area contributed by atoms with E-state index in [9.17, 15) is 0 Å². The van der Waals surface area contributed by atoms with Gasteiger partial charge in [-0.15, -0.1) is 0 Å². The highest BCUT2D eigenvalue weighted by Gasteiger charge is 2.20. The second-order valence-electron chi connectivity index (χ2n) is 37.1. The molecule has 656 valence electrons. The van der Waals surface area contributed by atoms with E-state index in [2.05, 4.69) is 560 Å². The Morgan fingerprint density at radius 2 is 0.193 bits per heavy atom. The molecule has 0 spiro atoms. The fourth-order valence-corrected chi connectivity index (χ4v) is 21.2. The molecule has 0 N–H and O–H groups in total. The Hall–Kier alpha value is -17.9. The van der Waals surface area contributed by atoms with Crippen LogP contribution in [0.3, 0.4) is 0 Å². The summed E-state index contributed by atoms with van der Waals surface area (Å²) in [5.74, 6) is 0. The number of fused-ring (bicyclic) bond motifs is 18. The zero-order valence-electron chi connectivity index (χ0n) is 78.0. The second-order valence-corrected chi connectivity index (χ2v) is 37.1. The van der Waals surface area contributed by atoms with E-state index in [0.29, 0.717) is 0 Å². The minimum Gasteiger partial charge on any atom is -0.0622 e. The maximum absolute atomic E-state index is 2.40. The molecule has 0 aromatic heterocycles. The summed E-state index contributed by atoms with van der Waals surface area (Å²) in [6.07, 6.45) is 0. The predicted octanol–water partition coefficient (Wildman–Crippen LogP) is 39.4. The average molecular weight is 1780 g/mol. The van der Waals surface area contributed by atoms with Gasteiger partial charge in [0.05, 0.1) is 0 Å². The van der Waals surface area contributed by atoms with Gasteiger partial charge in [-0.05, 0) is 370 Å². The van der Waals surface area contributed by atoms with Crippen LogP contribution in [-0.4, -0.2) is 0 Å². The molecule has 0 saturated carbocycles. The van der Waals surface area contributed by atoms with Gasteiger partial charge in [-0.25, -0.2) is 0 Å². The molecule has 0 aliphatic heterocycles. The Labute approximate surface area is 817 Å². The lowest BCUT2D eigenvalue weighted by Gasteiger charge is -2.16. The van der Waals surface area contributed by atoms with E-state index in [1.807, 2.05) is 0 Å². The number of benzene rings is 26. The number of hydrogen-bond donors (Lipinski definition) is 0. The molecule has 26 aromatic rings. The van der Waals surface area contributed by atoms with E-state index in [0.717, 1.165) is 0 Å². The summed E-state index contributed by atoms with van der Waals surface area (Å²) in [6.45, 7) is 4.32. The molecule has 0 atom stereocenters. The Bertz CT molecular complexity index is 8590. The third kappa shape index (κ3) is 16.9. The molecule has 0 fully saturated rings. The normalized spacial score (nSPS) is 11.4. The molecule has 0 unspecified atom stereocenters. The van der Waals surface area contributed by atoms with Crippen molar-refractivity contribution in [3.05, 3.63) is 557 Å². The number of rotatable bonds is 14. The Morgan fingerprint density at radius 1 is 0.0714 bits per heavy atom. The molecule has 26 rings (SSSR count). The van der Waals surface area contributed by atoms with Gasteiger partial charge in [0.2, 0.25) is 0 Å². The topological polar surface area (TPSA) is 0 Å². The third-order valence-electron chi connectivity index (χ3n) is 28.1. The summed E-state index contributed by atoms with van der Waals surface area (Å²) in [4.78, 5) is 0. The van der Waals surface area contributed by atoms with Crippen LogP contribution in [0.25, 0.3) is 253 Å². The van der Waals surface area contributed by atoms with Crippen molar-refractivity contribution in [2.24, 2.45) is 0 Å². The predicted molar refractivity (Wildman–Crippen MR) is 602 cm³/mol. The first kappa shape index (κ1) is 85.0. The van der Waals surface area contributed by atoms with Gasteiger partial charge in [0, 0.05) is 0 Å². The molecular formula is C140H96. The summed E-state index contributed by atoms with van der Waals surface area (Å²) >= 11 is 0. The van der Waals surface area contributed by atoms with Crippen LogP contribution in [0.15, 0.2) is 546 Å². The number of aryl methyl sites for hydroxylation is 2. The fraction of sp³-hybridized carbons (Fsp3) is 0.0143. The van der Waals surface area contributed by atoms with Crippen LogP contribution in [0.5, 0.6) is 0 Å². The highest BCUT2D eigenvalue weighted by Crippen LogP contribution is 2.47. The highest BCUT2D eigenvalue weighted by atomic mass is 14.2. The van der Waals surface area contributed by atoms with Gasteiger partial charge in [-0.3, -0.25) is 0 Å². The van der Waals surface area contributed by atoms with Crippen LogP contribution in [0.4, 0.5) is 0 Å². The number of hydrogen-bond acceptors (Lipinski definition) is 0. The maximum Gasteiger partial charge on any atom is -0.00928 e. The molecule has 0 aliphatic carbocycles. The fourth-order valence-electron chi connectivity index (χ4n) is 21.2. The zero-order valence-corrected chi connectivity index (χ0v) is 78.0. The Morgan fingerprint density at radius 3 is 0.400 bits per heavy atom. The SMILES string of the molecule is Cc1cccc(-c2cc(-c3cccc(C)c3)cc(-c3cccc(-c4ccc5c6ccccc6c6ccccc6c5c4)c3)c2)c1.c1ccc(-c2cc(-c3ccccc3)cc(-c3ccc4c5ccc(-c6cc(-c7ccccc7)cc(-c7ccccc7)c6)cc5c5ccccc5c4c3)c2)cc1.c1ccc(-c2cccc(-c3ccc4c5ccc(-c6cccc(-c7ccccc7)c6)cc5c5ccccc5c4c3)c2)cc1. The van der Waals surface area contributed by atoms with Crippen molar-refractivity contribution < 1.29 is 0 Å². The molecule has 0 radical (unpaired) electrons. The Kier molecular flexibility index (Phi) is 22.7. The van der Waals surface area contributed by atoms with Crippen molar-refractivity contribution in [2.45, 2.75) is 13.8 Å². The van der Waals surface area contributed by atoms with E-state index < -0.39 is 0 Å². The average Bonchev–Trinajstić information content (AvgIpc) is 0.741. The van der Waals surface area contributed by atoms with Gasteiger partial charge >= 0.3 is 0 Å². The molecule has 0 heterocycles. The van der Waals surface area contributed by atoms with Gasteiger partial charge in [-0.1, -0.05) is 454 Å². The van der Waals surface area contributed by atoms with E-state index >= 15 is 0 Å². The monoisotopic (exact) mass is 1780 g/mol. The van der Waals surface area contributed by atoms with Crippen molar-refractivity contribution in [1.82, 2.24) is 0 Å². The summed E-state index contributed by atoms with van der Waals surface area (Å²) < 4.78 is 0. The first-order valence-corrected chi connectivity index (χ1v) is 48.5. The third-order valence-corrected chi connectivity index (χ3v) is 28.1. The van der Waals surface area contributed by atoms with Crippen molar-refractivity contribution in [3.63, 3.8) is 0 Å². The van der Waals surface area contributed by atoms with Crippen molar-refractivity contribution >= 4 is 97.0 Å². The standard InChI is InChI=1S/C54H36.C44H32.C42H28/c1-5-15-37(16-6-1)43-29-44(38-17-7-2-8-18-38)32-47(31-43)41-25-27-51-52-28-26-42(36-54(52)50-24-14-13-23-49(50)53(51)35-41)48-33-45(39-19-9-3-10-20-39)30-46(34-48)40-21-11-4-12-22-40;1-29-10-7-12-31(22-29)36-25-37(32-13-8-11-30(2)23-32)27-38(26-36)34-15-9-14-33(24-34)35-20-21-43-41-18-4-3-16-39(41)40-17-5-6-19-42(40)44(43)28-35;1-3-11-29(12-4-1)31-15-9-17-33(25-31)35-21-23-39-40-24-22-36(28-42(40)38-20-8-7-19-37(38)41(39)27-35)34-18-10-16-32(26-34)30-13-5-2-6-14-30/h1-36H;3-28H,1-2H3;1-28H.